The van der Waals surface area contributed by atoms with Gasteiger partial charge in [0.25, 0.3) is 0 Å². The fourth-order valence-corrected chi connectivity index (χ4v) is 2.20. The predicted octanol–water partition coefficient (Wildman–Crippen LogP) is 2.23. The van der Waals surface area contributed by atoms with Gasteiger partial charge in [-0.25, -0.2) is 0 Å². The highest BCUT2D eigenvalue weighted by Crippen LogP contribution is 2.17. The molecule has 0 bridgehead atoms. The Morgan fingerprint density at radius 2 is 2.19 bits per heavy atom. The lowest BCUT2D eigenvalue weighted by Crippen LogP contribution is -2.26. The molecule has 1 rings (SSSR count). The van der Waals surface area contributed by atoms with Gasteiger partial charge in [-0.2, -0.15) is 0 Å². The van der Waals surface area contributed by atoms with Crippen LogP contribution in [0.15, 0.2) is 18.2 Å². The summed E-state index contributed by atoms with van der Waals surface area (Å²) in [6, 6.07) is 5.84. The number of benzene rings is 1. The Morgan fingerprint density at radius 1 is 1.50 bits per heavy atom. The lowest BCUT2D eigenvalue weighted by molar-refractivity contribution is -0.137. The average Bonchev–Trinajstić information content (AvgIpc) is 2.16. The molecule has 0 heterocycles. The molecule has 16 heavy (non-hydrogen) atoms. The molecule has 0 spiro atoms. The van der Waals surface area contributed by atoms with E-state index in [1.807, 2.05) is 19.1 Å². The second-order valence-corrected chi connectivity index (χ2v) is 4.53. The zero-order valence-electron chi connectivity index (χ0n) is 9.24. The lowest BCUT2D eigenvalue weighted by atomic mass is 9.98. The van der Waals surface area contributed by atoms with Crippen molar-refractivity contribution in [3.8, 4) is 0 Å². The number of carbonyl (C=O) groups is 1. The van der Waals surface area contributed by atoms with Gasteiger partial charge in [0.15, 0.2) is 0 Å². The van der Waals surface area contributed by atoms with Crippen LogP contribution in [0.25, 0.3) is 0 Å². The molecule has 88 valence electrons. The third kappa shape index (κ3) is 3.94. The summed E-state index contributed by atoms with van der Waals surface area (Å²) in [7, 11) is 0. The zero-order valence-corrected chi connectivity index (χ0v) is 10.8. The van der Waals surface area contributed by atoms with Crippen LogP contribution in [0.1, 0.15) is 23.1 Å². The molecular weight excluding hydrogens is 270 g/mol. The Morgan fingerprint density at radius 3 is 2.75 bits per heavy atom. The number of nitrogens with two attached hydrogens (primary N) is 1. The first-order chi connectivity index (χ1) is 7.52. The number of hydrogen-bond donors (Lipinski definition) is 2. The number of carboxylic acid groups (broad SMARTS) is 1. The molecule has 0 amide bonds. The first-order valence-electron chi connectivity index (χ1n) is 5.14. The van der Waals surface area contributed by atoms with Crippen LogP contribution in [0, 0.1) is 6.92 Å². The largest absolute Gasteiger partial charge is 0.481 e. The van der Waals surface area contributed by atoms with Gasteiger partial charge >= 0.3 is 5.97 Å². The third-order valence-corrected chi connectivity index (χ3v) is 3.03. The van der Waals surface area contributed by atoms with Crippen LogP contribution in [-0.4, -0.2) is 17.1 Å². The highest BCUT2D eigenvalue weighted by atomic mass is 79.9. The quantitative estimate of drug-likeness (QED) is 0.816. The molecule has 0 saturated heterocycles. The molecule has 3 nitrogen and oxygen atoms in total. The number of aryl methyl sites for hydroxylation is 1. The summed E-state index contributed by atoms with van der Waals surface area (Å²) in [4.78, 5) is 10.5. The standard InChI is InChI=1S/C12H16BrNO2/c1-8-2-3-9(7-13)10(4-8)5-11(14)6-12(15)16/h2-4,11H,5-7,14H2,1H3,(H,15,16)/t11-/m0/s1. The Balaban J connectivity index is 2.78. The smallest absolute Gasteiger partial charge is 0.304 e. The van der Waals surface area contributed by atoms with E-state index in [0.29, 0.717) is 6.42 Å². The van der Waals surface area contributed by atoms with Crippen molar-refractivity contribution >= 4 is 21.9 Å². The number of rotatable bonds is 5. The maximum atomic E-state index is 10.5. The van der Waals surface area contributed by atoms with Crippen molar-refractivity contribution in [1.29, 1.82) is 0 Å². The van der Waals surface area contributed by atoms with Crippen LogP contribution in [0.3, 0.4) is 0 Å². The number of carboxylic acids is 1. The summed E-state index contributed by atoms with van der Waals surface area (Å²) in [6.45, 7) is 2.02. The first-order valence-corrected chi connectivity index (χ1v) is 6.26. The van der Waals surface area contributed by atoms with Gasteiger partial charge in [-0.1, -0.05) is 39.7 Å². The van der Waals surface area contributed by atoms with Crippen LogP contribution < -0.4 is 5.73 Å². The minimum atomic E-state index is -0.847. The van der Waals surface area contributed by atoms with Gasteiger partial charge in [-0.05, 0) is 24.5 Å². The second-order valence-electron chi connectivity index (χ2n) is 3.97. The van der Waals surface area contributed by atoms with Crippen molar-refractivity contribution in [2.45, 2.75) is 31.1 Å². The van der Waals surface area contributed by atoms with E-state index in [1.165, 1.54) is 11.1 Å². The van der Waals surface area contributed by atoms with Gasteiger partial charge in [-0.15, -0.1) is 0 Å². The fourth-order valence-electron chi connectivity index (χ4n) is 1.65. The molecule has 0 aliphatic carbocycles. The Hall–Kier alpha value is -0.870. The predicted molar refractivity (Wildman–Crippen MR) is 67.7 cm³/mol. The van der Waals surface area contributed by atoms with E-state index in [1.54, 1.807) is 0 Å². The molecule has 1 aromatic carbocycles. The zero-order chi connectivity index (χ0) is 12.1. The van der Waals surface area contributed by atoms with E-state index < -0.39 is 5.97 Å². The highest BCUT2D eigenvalue weighted by molar-refractivity contribution is 9.08. The van der Waals surface area contributed by atoms with Gasteiger partial charge in [0.05, 0.1) is 6.42 Å². The monoisotopic (exact) mass is 285 g/mol. The number of aliphatic carboxylic acids is 1. The minimum absolute atomic E-state index is 0.00959. The SMILES string of the molecule is Cc1ccc(CBr)c(C[C@H](N)CC(=O)O)c1. The van der Waals surface area contributed by atoms with Gasteiger partial charge < -0.3 is 10.8 Å². The topological polar surface area (TPSA) is 63.3 Å². The fraction of sp³-hybridized carbons (Fsp3) is 0.417. The van der Waals surface area contributed by atoms with Crippen LogP contribution in [-0.2, 0) is 16.5 Å². The van der Waals surface area contributed by atoms with Crippen LogP contribution >= 0.6 is 15.9 Å². The normalized spacial score (nSPS) is 12.4. The summed E-state index contributed by atoms with van der Waals surface area (Å²) in [6.07, 6.45) is 0.616. The van der Waals surface area contributed by atoms with Crippen LogP contribution in [0.2, 0.25) is 0 Å². The van der Waals surface area contributed by atoms with E-state index in [2.05, 4.69) is 22.0 Å². The number of alkyl halides is 1. The summed E-state index contributed by atoms with van der Waals surface area (Å²) < 4.78 is 0. The van der Waals surface area contributed by atoms with E-state index in [4.69, 9.17) is 10.8 Å². The van der Waals surface area contributed by atoms with Crippen molar-refractivity contribution in [2.75, 3.05) is 0 Å². The van der Waals surface area contributed by atoms with Gasteiger partial charge in [0, 0.05) is 11.4 Å². The molecule has 1 aromatic rings. The molecule has 0 saturated carbocycles. The first kappa shape index (κ1) is 13.2. The maximum Gasteiger partial charge on any atom is 0.304 e. The average molecular weight is 286 g/mol. The maximum absolute atomic E-state index is 10.5. The Labute approximate surface area is 104 Å². The molecule has 0 aliphatic rings. The van der Waals surface area contributed by atoms with Gasteiger partial charge in [0.2, 0.25) is 0 Å². The molecule has 0 aliphatic heterocycles. The highest BCUT2D eigenvalue weighted by Gasteiger charge is 2.11. The van der Waals surface area contributed by atoms with E-state index in [-0.39, 0.29) is 12.5 Å². The summed E-state index contributed by atoms with van der Waals surface area (Å²) >= 11 is 3.42. The van der Waals surface area contributed by atoms with Crippen LogP contribution in [0.5, 0.6) is 0 Å². The van der Waals surface area contributed by atoms with Crippen LogP contribution in [0.4, 0.5) is 0 Å². The summed E-state index contributed by atoms with van der Waals surface area (Å²) in [5.74, 6) is -0.847. The van der Waals surface area contributed by atoms with Crippen molar-refractivity contribution in [2.24, 2.45) is 5.73 Å². The molecule has 0 unspecified atom stereocenters. The van der Waals surface area contributed by atoms with Gasteiger partial charge in [-0.3, -0.25) is 4.79 Å². The third-order valence-electron chi connectivity index (χ3n) is 2.42. The Bertz CT molecular complexity index is 379. The molecule has 0 fully saturated rings. The van der Waals surface area contributed by atoms with Crippen molar-refractivity contribution in [3.05, 3.63) is 34.9 Å². The minimum Gasteiger partial charge on any atom is -0.481 e. The molecule has 1 atom stereocenters. The van der Waals surface area contributed by atoms with Crippen molar-refractivity contribution in [1.82, 2.24) is 0 Å². The van der Waals surface area contributed by atoms with E-state index in [9.17, 15) is 4.79 Å². The molecule has 0 radical (unpaired) electrons. The molecule has 4 heteroatoms. The van der Waals surface area contributed by atoms with Crippen molar-refractivity contribution < 1.29 is 9.90 Å². The molecule has 0 aromatic heterocycles. The van der Waals surface area contributed by atoms with Crippen molar-refractivity contribution in [3.63, 3.8) is 0 Å². The Kier molecular flexibility index (Phi) is 4.96. The molecule has 3 N–H and O–H groups in total. The lowest BCUT2D eigenvalue weighted by Gasteiger charge is -2.13. The summed E-state index contributed by atoms with van der Waals surface area (Å²) in [5, 5.41) is 9.42. The van der Waals surface area contributed by atoms with E-state index >= 15 is 0 Å². The van der Waals surface area contributed by atoms with E-state index in [0.717, 1.165) is 10.9 Å². The van der Waals surface area contributed by atoms with Gasteiger partial charge in [0.1, 0.15) is 0 Å². The number of halogens is 1. The summed E-state index contributed by atoms with van der Waals surface area (Å²) in [5.41, 5.74) is 9.26. The second kappa shape index (κ2) is 6.01. The molecular formula is C12H16BrNO2. The number of hydrogen-bond acceptors (Lipinski definition) is 2.